The van der Waals surface area contributed by atoms with Gasteiger partial charge in [0.05, 0.1) is 24.0 Å². The number of hydrogen-bond acceptors (Lipinski definition) is 5. The topological polar surface area (TPSA) is 97.1 Å². The van der Waals surface area contributed by atoms with Gasteiger partial charge < -0.3 is 19.4 Å². The fourth-order valence-electron chi connectivity index (χ4n) is 2.89. The van der Waals surface area contributed by atoms with Crippen LogP contribution in [0.4, 0.5) is 0 Å². The average molecular weight is 391 g/mol. The molecule has 0 aliphatic heterocycles. The molecule has 2 aromatic carbocycles. The maximum Gasteiger partial charge on any atom is 0.293 e. The fourth-order valence-corrected chi connectivity index (χ4v) is 2.89. The van der Waals surface area contributed by atoms with Gasteiger partial charge in [0, 0.05) is 11.3 Å². The number of aryl methyl sites for hydroxylation is 1. The molecule has 2 N–H and O–H groups in total. The van der Waals surface area contributed by atoms with Gasteiger partial charge >= 0.3 is 0 Å². The molecule has 0 fully saturated rings. The van der Waals surface area contributed by atoms with Crippen molar-refractivity contribution in [2.24, 2.45) is 0 Å². The third-order valence-corrected chi connectivity index (χ3v) is 4.14. The molecule has 0 radical (unpaired) electrons. The Bertz CT molecular complexity index is 1150. The van der Waals surface area contributed by atoms with Crippen LogP contribution < -0.4 is 10.3 Å². The highest BCUT2D eigenvalue weighted by Gasteiger charge is 2.16. The first-order chi connectivity index (χ1) is 14.2. The summed E-state index contributed by atoms with van der Waals surface area (Å²) < 4.78 is 10.2. The summed E-state index contributed by atoms with van der Waals surface area (Å²) in [6.45, 7) is 4.53. The van der Waals surface area contributed by atoms with E-state index in [4.69, 9.17) is 4.74 Å². The highest BCUT2D eigenvalue weighted by atomic mass is 16.5. The number of carbonyl (C=O) groups is 1. The Morgan fingerprint density at radius 1 is 1.07 bits per heavy atom. The lowest BCUT2D eigenvalue weighted by Crippen LogP contribution is -2.05. The lowest BCUT2D eigenvalue weighted by atomic mass is 10.1. The van der Waals surface area contributed by atoms with Gasteiger partial charge in [-0.3, -0.25) is 9.59 Å². The van der Waals surface area contributed by atoms with E-state index >= 15 is 0 Å². The predicted molar refractivity (Wildman–Crippen MR) is 111 cm³/mol. The molecule has 7 nitrogen and oxygen atoms in total. The summed E-state index contributed by atoms with van der Waals surface area (Å²) in [7, 11) is 0. The molecule has 0 aliphatic rings. The summed E-state index contributed by atoms with van der Waals surface area (Å²) in [5.41, 5.74) is 2.91. The van der Waals surface area contributed by atoms with E-state index in [9.17, 15) is 9.59 Å². The number of ether oxygens (including phenoxy) is 2. The molecule has 2 aromatic heterocycles. The Hall–Kier alpha value is -3.87. The highest BCUT2D eigenvalue weighted by Crippen LogP contribution is 2.35. The Morgan fingerprint density at radius 2 is 1.79 bits per heavy atom. The summed E-state index contributed by atoms with van der Waals surface area (Å²) in [5.74, 6) is 1.46. The third-order valence-electron chi connectivity index (χ3n) is 4.14. The first kappa shape index (κ1) is 19.9. The van der Waals surface area contributed by atoms with Crippen LogP contribution in [0.15, 0.2) is 65.7 Å². The molecule has 0 unspecified atom stereocenters. The maximum atomic E-state index is 12.1. The standard InChI is InChI=1S/C19H15N3O2.C3H6O2/c1-12-16-18(20-11-21-19(16)23)17(22-12)14-9-5-6-10-15(14)24-13-7-3-2-4-8-13;1-2-5-3-4/h2-11,22H,1H3,(H,20,21,23);3H,2H2,1H3. The van der Waals surface area contributed by atoms with Crippen LogP contribution in [0.5, 0.6) is 11.5 Å². The van der Waals surface area contributed by atoms with Crippen LogP contribution in [-0.2, 0) is 9.53 Å². The molecule has 0 atom stereocenters. The van der Waals surface area contributed by atoms with Crippen LogP contribution >= 0.6 is 0 Å². The predicted octanol–water partition coefficient (Wildman–Crippen LogP) is 4.20. The van der Waals surface area contributed by atoms with E-state index in [1.54, 1.807) is 6.92 Å². The second-order valence-electron chi connectivity index (χ2n) is 6.04. The quantitative estimate of drug-likeness (QED) is 0.497. The van der Waals surface area contributed by atoms with E-state index in [0.717, 1.165) is 22.7 Å². The Labute approximate surface area is 167 Å². The van der Waals surface area contributed by atoms with Gasteiger partial charge in [-0.15, -0.1) is 0 Å². The first-order valence-electron chi connectivity index (χ1n) is 9.09. The number of nitrogens with one attached hydrogen (secondary N) is 2. The van der Waals surface area contributed by atoms with E-state index < -0.39 is 0 Å². The minimum absolute atomic E-state index is 0.151. The molecule has 0 saturated carbocycles. The molecule has 4 rings (SSSR count). The van der Waals surface area contributed by atoms with Gasteiger partial charge in [-0.05, 0) is 38.1 Å². The van der Waals surface area contributed by atoms with Crippen molar-refractivity contribution >= 4 is 17.4 Å². The van der Waals surface area contributed by atoms with E-state index in [1.165, 1.54) is 6.33 Å². The SMILES string of the molecule is CCOC=O.Cc1[nH]c(-c2ccccc2Oc2ccccc2)c2nc[nH]c(=O)c12. The summed E-state index contributed by atoms with van der Waals surface area (Å²) in [5, 5.41) is 0.571. The molecule has 2 heterocycles. The zero-order chi connectivity index (χ0) is 20.6. The molecule has 148 valence electrons. The molecule has 7 heteroatoms. The largest absolute Gasteiger partial charge is 0.468 e. The van der Waals surface area contributed by atoms with Crippen molar-refractivity contribution in [2.75, 3.05) is 6.61 Å². The molecule has 0 saturated heterocycles. The van der Waals surface area contributed by atoms with Crippen LogP contribution in [-0.4, -0.2) is 28.0 Å². The van der Waals surface area contributed by atoms with Gasteiger partial charge in [0.15, 0.2) is 0 Å². The van der Waals surface area contributed by atoms with Crippen molar-refractivity contribution in [3.63, 3.8) is 0 Å². The lowest BCUT2D eigenvalue weighted by Gasteiger charge is -2.10. The first-order valence-corrected chi connectivity index (χ1v) is 9.09. The van der Waals surface area contributed by atoms with Gasteiger partial charge in [0.25, 0.3) is 12.0 Å². The summed E-state index contributed by atoms with van der Waals surface area (Å²) in [6.07, 6.45) is 1.42. The van der Waals surface area contributed by atoms with Crippen molar-refractivity contribution in [2.45, 2.75) is 13.8 Å². The minimum atomic E-state index is -0.151. The van der Waals surface area contributed by atoms with Crippen LogP contribution in [0.25, 0.3) is 22.2 Å². The van der Waals surface area contributed by atoms with Gasteiger partial charge in [-0.1, -0.05) is 30.3 Å². The van der Waals surface area contributed by atoms with Gasteiger partial charge in [0.2, 0.25) is 0 Å². The van der Waals surface area contributed by atoms with Crippen molar-refractivity contribution in [1.82, 2.24) is 15.0 Å². The van der Waals surface area contributed by atoms with Crippen molar-refractivity contribution < 1.29 is 14.3 Å². The number of carbonyl (C=O) groups excluding carboxylic acids is 1. The highest BCUT2D eigenvalue weighted by molar-refractivity contribution is 5.95. The zero-order valence-corrected chi connectivity index (χ0v) is 16.1. The molecular weight excluding hydrogens is 370 g/mol. The molecule has 0 amide bonds. The summed E-state index contributed by atoms with van der Waals surface area (Å²) in [4.78, 5) is 31.5. The maximum absolute atomic E-state index is 12.1. The van der Waals surface area contributed by atoms with Gasteiger partial charge in [-0.2, -0.15) is 0 Å². The number of aromatic amines is 2. The number of para-hydroxylation sites is 2. The number of aromatic nitrogens is 3. The number of hydrogen-bond donors (Lipinski definition) is 2. The molecule has 4 aromatic rings. The Morgan fingerprint density at radius 3 is 2.48 bits per heavy atom. The van der Waals surface area contributed by atoms with Crippen LogP contribution in [0.2, 0.25) is 0 Å². The molecule has 0 spiro atoms. The number of rotatable bonds is 5. The average Bonchev–Trinajstić information content (AvgIpc) is 3.08. The van der Waals surface area contributed by atoms with Crippen LogP contribution in [0.1, 0.15) is 12.6 Å². The van der Waals surface area contributed by atoms with Crippen LogP contribution in [0.3, 0.4) is 0 Å². The normalized spacial score (nSPS) is 10.1. The third kappa shape index (κ3) is 4.52. The molecule has 29 heavy (non-hydrogen) atoms. The number of fused-ring (bicyclic) bond motifs is 1. The smallest absolute Gasteiger partial charge is 0.293 e. The molecule has 0 bridgehead atoms. The van der Waals surface area contributed by atoms with Crippen molar-refractivity contribution in [3.05, 3.63) is 77.0 Å². The van der Waals surface area contributed by atoms with Gasteiger partial charge in [-0.25, -0.2) is 4.98 Å². The van der Waals surface area contributed by atoms with Crippen molar-refractivity contribution in [3.8, 4) is 22.8 Å². The monoisotopic (exact) mass is 391 g/mol. The Balaban J connectivity index is 0.000000431. The lowest BCUT2D eigenvalue weighted by molar-refractivity contribution is -0.128. The van der Waals surface area contributed by atoms with E-state index in [0.29, 0.717) is 29.7 Å². The second kappa shape index (κ2) is 9.36. The van der Waals surface area contributed by atoms with Crippen LogP contribution in [0, 0.1) is 6.92 Å². The number of benzene rings is 2. The number of H-pyrrole nitrogens is 2. The second-order valence-corrected chi connectivity index (χ2v) is 6.04. The van der Waals surface area contributed by atoms with E-state index in [-0.39, 0.29) is 5.56 Å². The molecular formula is C22H21N3O4. The molecule has 0 aliphatic carbocycles. The Kier molecular flexibility index (Phi) is 6.42. The summed E-state index contributed by atoms with van der Waals surface area (Å²) >= 11 is 0. The zero-order valence-electron chi connectivity index (χ0n) is 16.1. The van der Waals surface area contributed by atoms with E-state index in [2.05, 4.69) is 19.7 Å². The summed E-state index contributed by atoms with van der Waals surface area (Å²) in [6, 6.07) is 17.3. The van der Waals surface area contributed by atoms with Gasteiger partial charge in [0.1, 0.15) is 17.0 Å². The fraction of sp³-hybridized carbons (Fsp3) is 0.136. The minimum Gasteiger partial charge on any atom is -0.468 e. The van der Waals surface area contributed by atoms with Crippen molar-refractivity contribution in [1.29, 1.82) is 0 Å². The number of nitrogens with zero attached hydrogens (tertiary/aromatic N) is 1. The van der Waals surface area contributed by atoms with E-state index in [1.807, 2.05) is 61.5 Å².